The summed E-state index contributed by atoms with van der Waals surface area (Å²) in [5, 5.41) is 3.56. The summed E-state index contributed by atoms with van der Waals surface area (Å²) in [5.74, 6) is -0.592. The molecule has 2 heterocycles. The summed E-state index contributed by atoms with van der Waals surface area (Å²) >= 11 is 1.24. The molecule has 0 bridgehead atoms. The normalized spacial score (nSPS) is 17.5. The van der Waals surface area contributed by atoms with Crippen molar-refractivity contribution in [2.75, 3.05) is 19.8 Å². The Morgan fingerprint density at radius 2 is 2.08 bits per heavy atom. The highest BCUT2D eigenvalue weighted by Crippen LogP contribution is 2.26. The number of hydrogen-bond acceptors (Lipinski definition) is 7. The third-order valence-corrected chi connectivity index (χ3v) is 5.15. The summed E-state index contributed by atoms with van der Waals surface area (Å²) in [4.78, 5) is 29.1. The standard InChI is InChI=1S/C15H23N3O4S.ClH/c1-4-22-13(19)11-9(2)17-12(23-11)10(3)18-14(20)15(16)5-7-21-8-6-15;/h10H,4-8,16H2,1-3H3,(H,18,20);1H. The highest BCUT2D eigenvalue weighted by atomic mass is 35.5. The van der Waals surface area contributed by atoms with Gasteiger partial charge >= 0.3 is 5.97 Å². The molecule has 24 heavy (non-hydrogen) atoms. The van der Waals surface area contributed by atoms with Gasteiger partial charge < -0.3 is 20.5 Å². The molecule has 2 rings (SSSR count). The maximum atomic E-state index is 12.4. The van der Waals surface area contributed by atoms with Crippen LogP contribution in [-0.4, -0.2) is 42.2 Å². The van der Waals surface area contributed by atoms with E-state index in [1.807, 2.05) is 6.92 Å². The Balaban J connectivity index is 0.00000288. The summed E-state index contributed by atoms with van der Waals surface area (Å²) in [6.45, 7) is 6.63. The van der Waals surface area contributed by atoms with Gasteiger partial charge in [-0.2, -0.15) is 0 Å². The summed E-state index contributed by atoms with van der Waals surface area (Å²) in [5.41, 5.74) is 5.88. The van der Waals surface area contributed by atoms with Gasteiger partial charge in [-0.3, -0.25) is 4.79 Å². The lowest BCUT2D eigenvalue weighted by Crippen LogP contribution is -2.57. The Labute approximate surface area is 151 Å². The van der Waals surface area contributed by atoms with Crippen molar-refractivity contribution >= 4 is 35.6 Å². The lowest BCUT2D eigenvalue weighted by molar-refractivity contribution is -0.130. The van der Waals surface area contributed by atoms with Gasteiger partial charge in [-0.15, -0.1) is 23.7 Å². The van der Waals surface area contributed by atoms with E-state index in [1.165, 1.54) is 11.3 Å². The minimum atomic E-state index is -0.900. The fourth-order valence-electron chi connectivity index (χ4n) is 2.35. The first-order chi connectivity index (χ1) is 10.9. The molecule has 1 aromatic heterocycles. The number of ether oxygens (including phenoxy) is 2. The van der Waals surface area contributed by atoms with E-state index in [-0.39, 0.29) is 30.3 Å². The van der Waals surface area contributed by atoms with E-state index < -0.39 is 5.54 Å². The molecule has 3 N–H and O–H groups in total. The maximum absolute atomic E-state index is 12.4. The Hall–Kier alpha value is -1.22. The van der Waals surface area contributed by atoms with Crippen molar-refractivity contribution in [1.82, 2.24) is 10.3 Å². The lowest BCUT2D eigenvalue weighted by Gasteiger charge is -2.32. The number of aryl methyl sites for hydroxylation is 1. The van der Waals surface area contributed by atoms with Crippen LogP contribution >= 0.6 is 23.7 Å². The van der Waals surface area contributed by atoms with Crippen LogP contribution in [0, 0.1) is 6.92 Å². The van der Waals surface area contributed by atoms with Crippen molar-refractivity contribution in [1.29, 1.82) is 0 Å². The number of halogens is 1. The third-order valence-electron chi connectivity index (χ3n) is 3.83. The van der Waals surface area contributed by atoms with Gasteiger partial charge in [-0.25, -0.2) is 9.78 Å². The Morgan fingerprint density at radius 1 is 1.46 bits per heavy atom. The topological polar surface area (TPSA) is 104 Å². The van der Waals surface area contributed by atoms with E-state index in [2.05, 4.69) is 10.3 Å². The van der Waals surface area contributed by atoms with E-state index in [1.54, 1.807) is 13.8 Å². The molecule has 1 atom stereocenters. The minimum Gasteiger partial charge on any atom is -0.462 e. The molecule has 1 fully saturated rings. The first kappa shape index (κ1) is 20.8. The summed E-state index contributed by atoms with van der Waals surface area (Å²) in [6, 6.07) is -0.322. The maximum Gasteiger partial charge on any atom is 0.350 e. The molecule has 1 aliphatic rings. The average molecular weight is 378 g/mol. The molecule has 7 nitrogen and oxygen atoms in total. The number of carbonyl (C=O) groups excluding carboxylic acids is 2. The van der Waals surface area contributed by atoms with Crippen LogP contribution in [0.15, 0.2) is 0 Å². The number of hydrogen-bond donors (Lipinski definition) is 2. The van der Waals surface area contributed by atoms with Crippen LogP contribution in [0.3, 0.4) is 0 Å². The fraction of sp³-hybridized carbons (Fsp3) is 0.667. The number of rotatable bonds is 5. The van der Waals surface area contributed by atoms with Gasteiger partial charge in [-0.05, 0) is 33.6 Å². The van der Waals surface area contributed by atoms with Crippen LogP contribution in [0.1, 0.15) is 53.1 Å². The van der Waals surface area contributed by atoms with Crippen LogP contribution in [0.5, 0.6) is 0 Å². The second-order valence-electron chi connectivity index (χ2n) is 5.65. The van der Waals surface area contributed by atoms with E-state index >= 15 is 0 Å². The van der Waals surface area contributed by atoms with Crippen molar-refractivity contribution in [3.63, 3.8) is 0 Å². The molecule has 136 valence electrons. The van der Waals surface area contributed by atoms with E-state index in [0.717, 1.165) is 0 Å². The Bertz CT molecular complexity index is 587. The van der Waals surface area contributed by atoms with E-state index in [0.29, 0.717) is 48.2 Å². The van der Waals surface area contributed by atoms with Crippen molar-refractivity contribution in [3.8, 4) is 0 Å². The van der Waals surface area contributed by atoms with Gasteiger partial charge in [0.25, 0.3) is 0 Å². The zero-order chi connectivity index (χ0) is 17.0. The molecule has 0 saturated carbocycles. The smallest absolute Gasteiger partial charge is 0.350 e. The lowest BCUT2D eigenvalue weighted by atomic mass is 9.90. The largest absolute Gasteiger partial charge is 0.462 e. The van der Waals surface area contributed by atoms with Gasteiger partial charge in [0.1, 0.15) is 9.88 Å². The van der Waals surface area contributed by atoms with Crippen molar-refractivity contribution in [2.45, 2.75) is 45.2 Å². The molecular formula is C15H24ClN3O4S. The highest BCUT2D eigenvalue weighted by Gasteiger charge is 2.36. The molecule has 0 radical (unpaired) electrons. The highest BCUT2D eigenvalue weighted by molar-refractivity contribution is 7.13. The van der Waals surface area contributed by atoms with Crippen molar-refractivity contribution in [2.24, 2.45) is 5.73 Å². The number of thiazole rings is 1. The van der Waals surface area contributed by atoms with Crippen LogP contribution in [-0.2, 0) is 14.3 Å². The molecule has 1 unspecified atom stereocenters. The fourth-order valence-corrected chi connectivity index (χ4v) is 3.32. The number of nitrogens with zero attached hydrogens (tertiary/aromatic N) is 1. The summed E-state index contributed by atoms with van der Waals surface area (Å²) in [6.07, 6.45) is 0.993. The van der Waals surface area contributed by atoms with Crippen molar-refractivity contribution in [3.05, 3.63) is 15.6 Å². The molecule has 0 spiro atoms. The second kappa shape index (κ2) is 8.75. The predicted octanol–water partition coefficient (Wildman–Crippen LogP) is 1.74. The monoisotopic (exact) mass is 377 g/mol. The molecule has 1 aliphatic heterocycles. The second-order valence-corrected chi connectivity index (χ2v) is 6.68. The van der Waals surface area contributed by atoms with Gasteiger partial charge in [0.05, 0.1) is 23.9 Å². The zero-order valence-electron chi connectivity index (χ0n) is 14.1. The number of aromatic nitrogens is 1. The van der Waals surface area contributed by atoms with Crippen LogP contribution < -0.4 is 11.1 Å². The van der Waals surface area contributed by atoms with E-state index in [9.17, 15) is 9.59 Å². The number of nitrogens with two attached hydrogens (primary N) is 1. The SMILES string of the molecule is CCOC(=O)c1sc(C(C)NC(=O)C2(N)CCOCC2)nc1C.Cl. The van der Waals surface area contributed by atoms with Gasteiger partial charge in [0, 0.05) is 13.2 Å². The number of amides is 1. The number of carbonyl (C=O) groups is 2. The van der Waals surface area contributed by atoms with Crippen molar-refractivity contribution < 1.29 is 19.1 Å². The van der Waals surface area contributed by atoms with Gasteiger partial charge in [0.2, 0.25) is 5.91 Å². The Morgan fingerprint density at radius 3 is 2.67 bits per heavy atom. The van der Waals surface area contributed by atoms with Crippen LogP contribution in [0.4, 0.5) is 0 Å². The average Bonchev–Trinajstić information content (AvgIpc) is 2.90. The first-order valence-electron chi connectivity index (χ1n) is 7.69. The molecule has 0 aromatic carbocycles. The molecule has 0 aliphatic carbocycles. The first-order valence-corrected chi connectivity index (χ1v) is 8.51. The predicted molar refractivity (Wildman–Crippen MR) is 93.6 cm³/mol. The van der Waals surface area contributed by atoms with E-state index in [4.69, 9.17) is 15.2 Å². The quantitative estimate of drug-likeness (QED) is 0.757. The molecule has 1 amide bonds. The third kappa shape index (κ3) is 4.66. The van der Waals surface area contributed by atoms with Gasteiger partial charge in [-0.1, -0.05) is 0 Å². The molecule has 1 saturated heterocycles. The number of esters is 1. The molecular weight excluding hydrogens is 354 g/mol. The van der Waals surface area contributed by atoms with Gasteiger partial charge in [0.15, 0.2) is 0 Å². The molecule has 9 heteroatoms. The number of nitrogens with one attached hydrogen (secondary N) is 1. The summed E-state index contributed by atoms with van der Waals surface area (Å²) in [7, 11) is 0. The summed E-state index contributed by atoms with van der Waals surface area (Å²) < 4.78 is 10.3. The Kier molecular flexibility index (Phi) is 7.59. The van der Waals surface area contributed by atoms with Crippen LogP contribution in [0.25, 0.3) is 0 Å². The molecule has 1 aromatic rings. The minimum absolute atomic E-state index is 0. The zero-order valence-corrected chi connectivity index (χ0v) is 15.7. The van der Waals surface area contributed by atoms with Crippen LogP contribution in [0.2, 0.25) is 0 Å².